The van der Waals surface area contributed by atoms with E-state index in [-0.39, 0.29) is 5.91 Å². The van der Waals surface area contributed by atoms with Gasteiger partial charge in [-0.15, -0.1) is 0 Å². The summed E-state index contributed by atoms with van der Waals surface area (Å²) in [6.45, 7) is 7.50. The first kappa shape index (κ1) is 25.4. The van der Waals surface area contributed by atoms with Crippen LogP contribution in [0, 0.1) is 6.92 Å². The number of rotatable bonds is 12. The second-order valence-electron chi connectivity index (χ2n) is 9.05. The number of H-pyrrole nitrogens is 1. The minimum atomic E-state index is -0.151. The highest BCUT2D eigenvalue weighted by atomic mass is 16.2. The monoisotopic (exact) mass is 481 g/mol. The lowest BCUT2D eigenvalue weighted by Gasteiger charge is -2.22. The van der Waals surface area contributed by atoms with Gasteiger partial charge in [-0.1, -0.05) is 55.5 Å². The first-order chi connectivity index (χ1) is 17.6. The molecule has 36 heavy (non-hydrogen) atoms. The van der Waals surface area contributed by atoms with Crippen LogP contribution in [-0.4, -0.2) is 33.9 Å². The van der Waals surface area contributed by atoms with Crippen molar-refractivity contribution in [3.05, 3.63) is 107 Å². The molecule has 2 aromatic heterocycles. The lowest BCUT2D eigenvalue weighted by Crippen LogP contribution is -2.36. The lowest BCUT2D eigenvalue weighted by molar-refractivity contribution is -0.117. The number of aryl methyl sites for hydroxylation is 1. The molecule has 6 nitrogen and oxygen atoms in total. The van der Waals surface area contributed by atoms with Crippen LogP contribution < -0.4 is 10.9 Å². The van der Waals surface area contributed by atoms with Gasteiger partial charge in [-0.2, -0.15) is 0 Å². The van der Waals surface area contributed by atoms with Crippen molar-refractivity contribution in [3.63, 3.8) is 0 Å². The Bertz CT molecular complexity index is 1280. The number of carbonyl (C=O) groups excluding carboxylic acids is 1. The predicted octanol–water partition coefficient (Wildman–Crippen LogP) is 5.16. The number of nitrogens with zero attached hydrogens (tertiary/aromatic N) is 2. The predicted molar refractivity (Wildman–Crippen MR) is 147 cm³/mol. The molecule has 0 saturated heterocycles. The fourth-order valence-corrected chi connectivity index (χ4v) is 4.34. The van der Waals surface area contributed by atoms with Crippen LogP contribution in [0.1, 0.15) is 41.4 Å². The molecule has 0 saturated carbocycles. The summed E-state index contributed by atoms with van der Waals surface area (Å²) in [4.78, 5) is 22.4. The average molecular weight is 482 g/mol. The number of amides is 1. The highest BCUT2D eigenvalue weighted by molar-refractivity contribution is 5.91. The van der Waals surface area contributed by atoms with E-state index in [1.54, 1.807) is 6.08 Å². The maximum Gasteiger partial charge on any atom is 0.258 e. The number of hydrazine groups is 1. The Morgan fingerprint density at radius 1 is 1.03 bits per heavy atom. The van der Waals surface area contributed by atoms with Gasteiger partial charge in [0.05, 0.1) is 5.69 Å². The molecule has 4 aromatic rings. The molecule has 0 aliphatic rings. The van der Waals surface area contributed by atoms with Crippen LogP contribution in [-0.2, 0) is 24.3 Å². The summed E-state index contributed by atoms with van der Waals surface area (Å²) in [5.41, 5.74) is 12.7. The Hall–Kier alpha value is -3.74. The summed E-state index contributed by atoms with van der Waals surface area (Å²) in [7, 11) is 0. The molecular weight excluding hydrogens is 446 g/mol. The number of carbonyl (C=O) groups is 1. The van der Waals surface area contributed by atoms with Gasteiger partial charge in [-0.25, -0.2) is 5.43 Å². The fourth-order valence-electron chi connectivity index (χ4n) is 4.34. The molecule has 4 rings (SSSR count). The fraction of sp³-hybridized carbons (Fsp3) is 0.267. The van der Waals surface area contributed by atoms with E-state index < -0.39 is 0 Å². The number of para-hydroxylation sites is 1. The lowest BCUT2D eigenvalue weighted by atomic mass is 10.1. The van der Waals surface area contributed by atoms with Crippen LogP contribution in [0.5, 0.6) is 0 Å². The first-order valence-corrected chi connectivity index (χ1v) is 12.6. The molecule has 0 fully saturated rings. The molecule has 0 atom stereocenters. The van der Waals surface area contributed by atoms with Crippen LogP contribution in [0.15, 0.2) is 79.0 Å². The smallest absolute Gasteiger partial charge is 0.258 e. The molecule has 0 radical (unpaired) electrons. The Morgan fingerprint density at radius 3 is 2.61 bits per heavy atom. The number of nitrogens with one attached hydrogen (secondary N) is 3. The van der Waals surface area contributed by atoms with Gasteiger partial charge in [-0.05, 0) is 60.7 Å². The number of hydrogen-bond donors (Lipinski definition) is 3. The van der Waals surface area contributed by atoms with E-state index in [1.165, 1.54) is 27.7 Å². The minimum absolute atomic E-state index is 0.151. The Morgan fingerprint density at radius 2 is 1.83 bits per heavy atom. The van der Waals surface area contributed by atoms with E-state index in [0.717, 1.165) is 50.3 Å². The van der Waals surface area contributed by atoms with E-state index in [9.17, 15) is 4.79 Å². The third-order valence-electron chi connectivity index (χ3n) is 6.22. The van der Waals surface area contributed by atoms with Gasteiger partial charge >= 0.3 is 0 Å². The van der Waals surface area contributed by atoms with Gasteiger partial charge in [0, 0.05) is 55.0 Å². The Labute approximate surface area is 213 Å². The summed E-state index contributed by atoms with van der Waals surface area (Å²) in [6.07, 6.45) is 7.16. The molecule has 186 valence electrons. The molecule has 2 heterocycles. The van der Waals surface area contributed by atoms with Gasteiger partial charge in [-0.3, -0.25) is 20.1 Å². The van der Waals surface area contributed by atoms with Crippen molar-refractivity contribution in [3.8, 4) is 0 Å². The zero-order valence-corrected chi connectivity index (χ0v) is 21.1. The second kappa shape index (κ2) is 12.8. The van der Waals surface area contributed by atoms with E-state index in [1.807, 2.05) is 24.4 Å². The topological polar surface area (TPSA) is 73.0 Å². The third kappa shape index (κ3) is 7.13. The summed E-state index contributed by atoms with van der Waals surface area (Å²) < 4.78 is 0. The molecule has 3 N–H and O–H groups in total. The van der Waals surface area contributed by atoms with E-state index in [4.69, 9.17) is 0 Å². The van der Waals surface area contributed by atoms with Crippen molar-refractivity contribution in [2.45, 2.75) is 39.8 Å². The van der Waals surface area contributed by atoms with Gasteiger partial charge in [0.1, 0.15) is 0 Å². The summed E-state index contributed by atoms with van der Waals surface area (Å²) in [5, 5.41) is 1.30. The molecular formula is C30H35N5O. The summed E-state index contributed by atoms with van der Waals surface area (Å²) >= 11 is 0. The SMILES string of the molecule is CCCNNC(=O)/C=C/c1ccc(CN(CCc2c(C)[nH]c3ccccc23)Cc2ccccn2)cc1. The van der Waals surface area contributed by atoms with Gasteiger partial charge in [0.2, 0.25) is 0 Å². The van der Waals surface area contributed by atoms with Crippen LogP contribution in [0.4, 0.5) is 0 Å². The summed E-state index contributed by atoms with van der Waals surface area (Å²) in [5.74, 6) is -0.151. The quantitative estimate of drug-likeness (QED) is 0.148. The number of aromatic nitrogens is 2. The van der Waals surface area contributed by atoms with Gasteiger partial charge in [0.25, 0.3) is 5.91 Å². The average Bonchev–Trinajstić information content (AvgIpc) is 3.22. The zero-order valence-electron chi connectivity index (χ0n) is 21.1. The first-order valence-electron chi connectivity index (χ1n) is 12.6. The maximum absolute atomic E-state index is 11.9. The van der Waals surface area contributed by atoms with E-state index >= 15 is 0 Å². The highest BCUT2D eigenvalue weighted by Crippen LogP contribution is 2.23. The molecule has 0 aliphatic heterocycles. The van der Waals surface area contributed by atoms with E-state index in [0.29, 0.717) is 0 Å². The van der Waals surface area contributed by atoms with Crippen LogP contribution >= 0.6 is 0 Å². The van der Waals surface area contributed by atoms with Crippen molar-refractivity contribution in [2.75, 3.05) is 13.1 Å². The Balaban J connectivity index is 1.43. The van der Waals surface area contributed by atoms with Gasteiger partial charge < -0.3 is 4.98 Å². The number of benzene rings is 2. The number of hydrogen-bond acceptors (Lipinski definition) is 4. The second-order valence-corrected chi connectivity index (χ2v) is 9.05. The van der Waals surface area contributed by atoms with E-state index in [2.05, 4.69) is 94.2 Å². The van der Waals surface area contributed by atoms with Crippen molar-refractivity contribution in [1.82, 2.24) is 25.7 Å². The number of aromatic amines is 1. The molecule has 6 heteroatoms. The minimum Gasteiger partial charge on any atom is -0.358 e. The third-order valence-corrected chi connectivity index (χ3v) is 6.22. The molecule has 0 spiro atoms. The molecule has 0 unspecified atom stereocenters. The molecule has 1 amide bonds. The summed E-state index contributed by atoms with van der Waals surface area (Å²) in [6, 6.07) is 23.0. The largest absolute Gasteiger partial charge is 0.358 e. The van der Waals surface area contributed by atoms with Crippen molar-refractivity contribution >= 4 is 22.9 Å². The molecule has 0 bridgehead atoms. The number of pyridine rings is 1. The van der Waals surface area contributed by atoms with Crippen molar-refractivity contribution in [1.29, 1.82) is 0 Å². The molecule has 2 aromatic carbocycles. The van der Waals surface area contributed by atoms with Crippen LogP contribution in [0.25, 0.3) is 17.0 Å². The van der Waals surface area contributed by atoms with Gasteiger partial charge in [0.15, 0.2) is 0 Å². The normalized spacial score (nSPS) is 11.5. The van der Waals surface area contributed by atoms with Crippen molar-refractivity contribution in [2.24, 2.45) is 0 Å². The highest BCUT2D eigenvalue weighted by Gasteiger charge is 2.13. The van der Waals surface area contributed by atoms with Crippen molar-refractivity contribution < 1.29 is 4.79 Å². The van der Waals surface area contributed by atoms with Crippen LogP contribution in [0.2, 0.25) is 0 Å². The number of fused-ring (bicyclic) bond motifs is 1. The standard InChI is InChI=1S/C30H35N5O/c1-3-18-32-34-30(36)16-15-24-11-13-25(14-12-24)21-35(22-26-8-6-7-19-31-26)20-17-27-23(2)33-29-10-5-4-9-28(27)29/h4-16,19,32-33H,3,17-18,20-22H2,1-2H3,(H,34,36)/b16-15+. The Kier molecular flexibility index (Phi) is 9.03. The van der Waals surface area contributed by atoms with Crippen LogP contribution in [0.3, 0.4) is 0 Å². The zero-order chi connectivity index (χ0) is 25.2. The molecule has 0 aliphatic carbocycles. The maximum atomic E-state index is 11.9.